The Hall–Kier alpha value is -0.800. The smallest absolute Gasteiger partial charge is 0.117 e. The van der Waals surface area contributed by atoms with Gasteiger partial charge in [-0.25, -0.2) is 0 Å². The maximum Gasteiger partial charge on any atom is 0.117 e. The molecule has 0 aliphatic carbocycles. The minimum atomic E-state index is 0.845. The number of piperidine rings is 1. The predicted molar refractivity (Wildman–Crippen MR) is 65.3 cm³/mol. The van der Waals surface area contributed by atoms with Gasteiger partial charge in [-0.3, -0.25) is 0 Å². The number of likely N-dealkylation sites (tertiary alicyclic amines) is 1. The summed E-state index contributed by atoms with van der Waals surface area (Å²) in [5, 5.41) is 3.48. The molecule has 90 valence electrons. The van der Waals surface area contributed by atoms with Crippen LogP contribution in [-0.4, -0.2) is 31.1 Å². The van der Waals surface area contributed by atoms with Gasteiger partial charge in [0.1, 0.15) is 5.76 Å². The van der Waals surface area contributed by atoms with Crippen LogP contribution < -0.4 is 5.32 Å². The van der Waals surface area contributed by atoms with Gasteiger partial charge in [-0.1, -0.05) is 6.92 Å². The van der Waals surface area contributed by atoms with Gasteiger partial charge < -0.3 is 14.6 Å². The van der Waals surface area contributed by atoms with Crippen LogP contribution in [0, 0.1) is 5.92 Å². The van der Waals surface area contributed by atoms with Crippen molar-refractivity contribution in [3.05, 3.63) is 24.2 Å². The van der Waals surface area contributed by atoms with Crippen LogP contribution in [0.2, 0.25) is 0 Å². The highest BCUT2D eigenvalue weighted by Gasteiger charge is 2.17. The Bertz CT molecular complexity index is 276. The van der Waals surface area contributed by atoms with E-state index in [1.54, 1.807) is 6.26 Å². The van der Waals surface area contributed by atoms with Gasteiger partial charge in [-0.15, -0.1) is 0 Å². The zero-order valence-corrected chi connectivity index (χ0v) is 10.1. The lowest BCUT2D eigenvalue weighted by molar-refractivity contribution is 0.189. The summed E-state index contributed by atoms with van der Waals surface area (Å²) in [6, 6.07) is 3.96. The second kappa shape index (κ2) is 6.06. The second-order valence-corrected chi connectivity index (χ2v) is 4.59. The van der Waals surface area contributed by atoms with Crippen molar-refractivity contribution in [1.82, 2.24) is 10.2 Å². The maximum absolute atomic E-state index is 5.29. The quantitative estimate of drug-likeness (QED) is 0.827. The number of nitrogens with one attached hydrogen (secondary N) is 1. The van der Waals surface area contributed by atoms with Crippen LogP contribution in [0.1, 0.15) is 25.5 Å². The average Bonchev–Trinajstić information content (AvgIpc) is 2.83. The molecular formula is C13H22N2O. The van der Waals surface area contributed by atoms with Gasteiger partial charge in [-0.2, -0.15) is 0 Å². The van der Waals surface area contributed by atoms with Gasteiger partial charge >= 0.3 is 0 Å². The Balaban J connectivity index is 1.60. The van der Waals surface area contributed by atoms with Gasteiger partial charge in [0.25, 0.3) is 0 Å². The molecule has 0 spiro atoms. The first-order valence-electron chi connectivity index (χ1n) is 6.34. The SMILES string of the molecule is CCN1CCC(CNCc2ccco2)CC1. The maximum atomic E-state index is 5.29. The first-order valence-corrected chi connectivity index (χ1v) is 6.34. The van der Waals surface area contributed by atoms with E-state index in [1.165, 1.54) is 32.5 Å². The minimum absolute atomic E-state index is 0.845. The topological polar surface area (TPSA) is 28.4 Å². The third kappa shape index (κ3) is 3.35. The van der Waals surface area contributed by atoms with Crippen LogP contribution in [0.5, 0.6) is 0 Å². The number of hydrogen-bond acceptors (Lipinski definition) is 3. The number of rotatable bonds is 5. The van der Waals surface area contributed by atoms with Crippen molar-refractivity contribution >= 4 is 0 Å². The van der Waals surface area contributed by atoms with Gasteiger partial charge in [0, 0.05) is 0 Å². The van der Waals surface area contributed by atoms with E-state index in [0.29, 0.717) is 0 Å². The highest BCUT2D eigenvalue weighted by Crippen LogP contribution is 2.15. The molecule has 0 bridgehead atoms. The van der Waals surface area contributed by atoms with Gasteiger partial charge in [0.15, 0.2) is 0 Å². The zero-order chi connectivity index (χ0) is 11.2. The van der Waals surface area contributed by atoms with Crippen molar-refractivity contribution in [2.75, 3.05) is 26.2 Å². The predicted octanol–water partition coefficient (Wildman–Crippen LogP) is 2.10. The molecule has 3 nitrogen and oxygen atoms in total. The molecule has 0 amide bonds. The Morgan fingerprint density at radius 3 is 2.88 bits per heavy atom. The first-order chi connectivity index (χ1) is 7.88. The van der Waals surface area contributed by atoms with Crippen LogP contribution in [-0.2, 0) is 6.54 Å². The second-order valence-electron chi connectivity index (χ2n) is 4.59. The zero-order valence-electron chi connectivity index (χ0n) is 10.1. The summed E-state index contributed by atoms with van der Waals surface area (Å²) >= 11 is 0. The van der Waals surface area contributed by atoms with E-state index in [4.69, 9.17) is 4.42 Å². The highest BCUT2D eigenvalue weighted by molar-refractivity contribution is 4.97. The van der Waals surface area contributed by atoms with Crippen LogP contribution in [0.25, 0.3) is 0 Å². The van der Waals surface area contributed by atoms with E-state index in [0.717, 1.165) is 24.8 Å². The summed E-state index contributed by atoms with van der Waals surface area (Å²) < 4.78 is 5.29. The summed E-state index contributed by atoms with van der Waals surface area (Å²) in [5.74, 6) is 1.88. The Kier molecular flexibility index (Phi) is 4.43. The van der Waals surface area contributed by atoms with E-state index in [9.17, 15) is 0 Å². The standard InChI is InChI=1S/C13H22N2O/c1-2-15-7-5-12(6-8-15)10-14-11-13-4-3-9-16-13/h3-4,9,12,14H,2,5-8,10-11H2,1H3. The monoisotopic (exact) mass is 222 g/mol. The molecule has 0 atom stereocenters. The number of furan rings is 1. The van der Waals surface area contributed by atoms with Crippen LogP contribution in [0.15, 0.2) is 22.8 Å². The molecule has 1 aromatic rings. The fraction of sp³-hybridized carbons (Fsp3) is 0.692. The number of nitrogens with zero attached hydrogens (tertiary/aromatic N) is 1. The van der Waals surface area contributed by atoms with E-state index in [1.807, 2.05) is 12.1 Å². The summed E-state index contributed by atoms with van der Waals surface area (Å²) in [5.41, 5.74) is 0. The molecule has 0 saturated carbocycles. The van der Waals surface area contributed by atoms with Crippen LogP contribution in [0.3, 0.4) is 0 Å². The fourth-order valence-electron chi connectivity index (χ4n) is 2.32. The molecule has 16 heavy (non-hydrogen) atoms. The van der Waals surface area contributed by atoms with Crippen LogP contribution in [0.4, 0.5) is 0 Å². The Morgan fingerprint density at radius 2 is 2.25 bits per heavy atom. The molecular weight excluding hydrogens is 200 g/mol. The van der Waals surface area contributed by atoms with E-state index in [2.05, 4.69) is 17.1 Å². The van der Waals surface area contributed by atoms with E-state index >= 15 is 0 Å². The van der Waals surface area contributed by atoms with Gasteiger partial charge in [0.2, 0.25) is 0 Å². The lowest BCUT2D eigenvalue weighted by Crippen LogP contribution is -2.36. The number of hydrogen-bond donors (Lipinski definition) is 1. The van der Waals surface area contributed by atoms with Crippen molar-refractivity contribution in [1.29, 1.82) is 0 Å². The van der Waals surface area contributed by atoms with Crippen molar-refractivity contribution < 1.29 is 4.42 Å². The Labute approximate surface area is 97.8 Å². The molecule has 2 heterocycles. The fourth-order valence-corrected chi connectivity index (χ4v) is 2.32. The van der Waals surface area contributed by atoms with Crippen molar-refractivity contribution in [3.63, 3.8) is 0 Å². The molecule has 1 N–H and O–H groups in total. The van der Waals surface area contributed by atoms with E-state index in [-0.39, 0.29) is 0 Å². The van der Waals surface area contributed by atoms with Gasteiger partial charge in [-0.05, 0) is 57.1 Å². The molecule has 2 rings (SSSR count). The third-order valence-electron chi connectivity index (χ3n) is 3.47. The molecule has 1 saturated heterocycles. The lowest BCUT2D eigenvalue weighted by Gasteiger charge is -2.31. The molecule has 1 aliphatic heterocycles. The molecule has 0 unspecified atom stereocenters. The van der Waals surface area contributed by atoms with Crippen molar-refractivity contribution in [3.8, 4) is 0 Å². The third-order valence-corrected chi connectivity index (χ3v) is 3.47. The van der Waals surface area contributed by atoms with E-state index < -0.39 is 0 Å². The molecule has 1 fully saturated rings. The summed E-state index contributed by atoms with van der Waals surface area (Å²) in [4.78, 5) is 2.53. The molecule has 1 aromatic heterocycles. The summed E-state index contributed by atoms with van der Waals surface area (Å²) in [7, 11) is 0. The highest BCUT2D eigenvalue weighted by atomic mass is 16.3. The average molecular weight is 222 g/mol. The van der Waals surface area contributed by atoms with Crippen molar-refractivity contribution in [2.24, 2.45) is 5.92 Å². The normalized spacial score (nSPS) is 19.1. The first kappa shape index (κ1) is 11.7. The molecule has 0 radical (unpaired) electrons. The summed E-state index contributed by atoms with van der Waals surface area (Å²) in [6.07, 6.45) is 4.40. The largest absolute Gasteiger partial charge is 0.468 e. The Morgan fingerprint density at radius 1 is 1.44 bits per heavy atom. The molecule has 3 heteroatoms. The van der Waals surface area contributed by atoms with Crippen LogP contribution >= 0.6 is 0 Å². The summed E-state index contributed by atoms with van der Waals surface area (Å²) in [6.45, 7) is 7.97. The lowest BCUT2D eigenvalue weighted by atomic mass is 9.97. The van der Waals surface area contributed by atoms with Gasteiger partial charge in [0.05, 0.1) is 12.8 Å². The molecule has 0 aromatic carbocycles. The minimum Gasteiger partial charge on any atom is -0.468 e. The molecule has 1 aliphatic rings. The van der Waals surface area contributed by atoms with Crippen molar-refractivity contribution in [2.45, 2.75) is 26.3 Å².